The largest absolute Gasteiger partial charge is 0.289 e. The number of hydrazine groups is 1. The lowest BCUT2D eigenvalue weighted by Gasteiger charge is -1.95. The summed E-state index contributed by atoms with van der Waals surface area (Å²) >= 11 is 1.26. The van der Waals surface area contributed by atoms with Gasteiger partial charge in [0.2, 0.25) is 0 Å². The van der Waals surface area contributed by atoms with Gasteiger partial charge in [0.1, 0.15) is 16.5 Å². The average molecular weight is 237 g/mol. The molecule has 0 saturated carbocycles. The number of amides is 1. The highest BCUT2D eigenvalue weighted by Crippen LogP contribution is 2.23. The van der Waals surface area contributed by atoms with Gasteiger partial charge in [-0.1, -0.05) is 12.1 Å². The van der Waals surface area contributed by atoms with E-state index in [1.165, 1.54) is 23.5 Å². The Morgan fingerprint density at radius 3 is 3.00 bits per heavy atom. The van der Waals surface area contributed by atoms with Crippen LogP contribution in [0, 0.1) is 5.82 Å². The molecule has 0 aliphatic rings. The summed E-state index contributed by atoms with van der Waals surface area (Å²) in [6.07, 6.45) is 0. The summed E-state index contributed by atoms with van der Waals surface area (Å²) in [7, 11) is 0. The Kier molecular flexibility index (Phi) is 2.93. The molecule has 1 aromatic heterocycles. The number of nitrogens with two attached hydrogens (primary N) is 1. The highest BCUT2D eigenvalue weighted by molar-refractivity contribution is 7.13. The Bertz CT molecular complexity index is 526. The lowest BCUT2D eigenvalue weighted by atomic mass is 10.2. The molecule has 3 N–H and O–H groups in total. The smallest absolute Gasteiger partial charge is 0.284 e. The fourth-order valence-electron chi connectivity index (χ4n) is 1.21. The van der Waals surface area contributed by atoms with Gasteiger partial charge in [-0.15, -0.1) is 11.3 Å². The molecule has 2 aromatic rings. The Hall–Kier alpha value is -1.79. The van der Waals surface area contributed by atoms with Crippen LogP contribution in [-0.2, 0) is 0 Å². The molecule has 1 aromatic carbocycles. The predicted octanol–water partition coefficient (Wildman–Crippen LogP) is 1.55. The van der Waals surface area contributed by atoms with Gasteiger partial charge in [-0.3, -0.25) is 10.2 Å². The van der Waals surface area contributed by atoms with Gasteiger partial charge in [0.15, 0.2) is 0 Å². The zero-order valence-electron chi connectivity index (χ0n) is 8.11. The molecular formula is C10H8FN3OS. The van der Waals surface area contributed by atoms with E-state index >= 15 is 0 Å². The predicted molar refractivity (Wildman–Crippen MR) is 59.2 cm³/mol. The fraction of sp³-hybridized carbons (Fsp3) is 0. The standard InChI is InChI=1S/C10H8FN3OS/c11-7-3-1-2-6(4-7)10-13-8(5-16-10)9(15)14-12/h1-5H,12H2,(H,14,15). The quantitative estimate of drug-likeness (QED) is 0.473. The molecule has 0 bridgehead atoms. The number of nitrogens with zero attached hydrogens (tertiary/aromatic N) is 1. The first kappa shape index (κ1) is 10.7. The molecule has 1 amide bonds. The van der Waals surface area contributed by atoms with Crippen LogP contribution in [0.3, 0.4) is 0 Å². The highest BCUT2D eigenvalue weighted by Gasteiger charge is 2.10. The van der Waals surface area contributed by atoms with Gasteiger partial charge in [-0.25, -0.2) is 15.2 Å². The number of halogens is 1. The lowest BCUT2D eigenvalue weighted by molar-refractivity contribution is 0.0949. The molecule has 0 aliphatic heterocycles. The number of carbonyl (C=O) groups is 1. The molecule has 6 heteroatoms. The van der Waals surface area contributed by atoms with Gasteiger partial charge in [0.25, 0.3) is 5.91 Å². The minimum absolute atomic E-state index is 0.228. The Morgan fingerprint density at radius 2 is 2.31 bits per heavy atom. The van der Waals surface area contributed by atoms with Crippen LogP contribution >= 0.6 is 11.3 Å². The van der Waals surface area contributed by atoms with E-state index < -0.39 is 5.91 Å². The third-order valence-corrected chi connectivity index (χ3v) is 2.83. The van der Waals surface area contributed by atoms with Crippen molar-refractivity contribution in [1.82, 2.24) is 10.4 Å². The SMILES string of the molecule is NNC(=O)c1csc(-c2cccc(F)c2)n1. The maximum absolute atomic E-state index is 13.0. The van der Waals surface area contributed by atoms with Crippen LogP contribution < -0.4 is 11.3 Å². The Morgan fingerprint density at radius 1 is 1.50 bits per heavy atom. The molecule has 0 fully saturated rings. The van der Waals surface area contributed by atoms with E-state index in [1.807, 2.05) is 5.43 Å². The van der Waals surface area contributed by atoms with Gasteiger partial charge in [0, 0.05) is 10.9 Å². The summed E-state index contributed by atoms with van der Waals surface area (Å²) in [6.45, 7) is 0. The zero-order chi connectivity index (χ0) is 11.5. The van der Waals surface area contributed by atoms with Gasteiger partial charge in [-0.2, -0.15) is 0 Å². The summed E-state index contributed by atoms with van der Waals surface area (Å²) in [5.41, 5.74) is 2.86. The van der Waals surface area contributed by atoms with Crippen LogP contribution in [0.15, 0.2) is 29.6 Å². The molecular weight excluding hydrogens is 229 g/mol. The normalized spacial score (nSPS) is 10.1. The van der Waals surface area contributed by atoms with E-state index in [0.29, 0.717) is 10.6 Å². The molecule has 0 unspecified atom stereocenters. The first-order chi connectivity index (χ1) is 7.70. The van der Waals surface area contributed by atoms with Crippen molar-refractivity contribution in [3.8, 4) is 10.6 Å². The number of nitrogens with one attached hydrogen (secondary N) is 1. The number of aromatic nitrogens is 1. The minimum Gasteiger partial charge on any atom is -0.289 e. The van der Waals surface area contributed by atoms with Crippen molar-refractivity contribution in [3.05, 3.63) is 41.2 Å². The summed E-state index contributed by atoms with van der Waals surface area (Å²) in [4.78, 5) is 15.2. The number of nitrogen functional groups attached to an aromatic ring is 1. The highest BCUT2D eigenvalue weighted by atomic mass is 32.1. The second-order valence-electron chi connectivity index (χ2n) is 3.02. The van der Waals surface area contributed by atoms with Crippen molar-refractivity contribution in [2.24, 2.45) is 5.84 Å². The third-order valence-electron chi connectivity index (χ3n) is 1.94. The van der Waals surface area contributed by atoms with Crippen molar-refractivity contribution in [1.29, 1.82) is 0 Å². The Balaban J connectivity index is 2.35. The maximum atomic E-state index is 13.0. The fourth-order valence-corrected chi connectivity index (χ4v) is 2.00. The van der Waals surface area contributed by atoms with Crippen LogP contribution in [0.1, 0.15) is 10.5 Å². The summed E-state index contributed by atoms with van der Waals surface area (Å²) < 4.78 is 13.0. The molecule has 2 rings (SSSR count). The number of carbonyl (C=O) groups excluding carboxylic acids is 1. The van der Waals surface area contributed by atoms with Gasteiger partial charge >= 0.3 is 0 Å². The first-order valence-corrected chi connectivity index (χ1v) is 5.31. The summed E-state index contributed by atoms with van der Waals surface area (Å²) in [5, 5.41) is 2.15. The molecule has 4 nitrogen and oxygen atoms in total. The van der Waals surface area contributed by atoms with Crippen molar-refractivity contribution in [3.63, 3.8) is 0 Å². The Labute approximate surface area is 94.9 Å². The van der Waals surface area contributed by atoms with E-state index in [0.717, 1.165) is 0 Å². The molecule has 0 saturated heterocycles. The molecule has 82 valence electrons. The van der Waals surface area contributed by atoms with Crippen molar-refractivity contribution < 1.29 is 9.18 Å². The van der Waals surface area contributed by atoms with E-state index in [4.69, 9.17) is 5.84 Å². The monoisotopic (exact) mass is 237 g/mol. The number of rotatable bonds is 2. The topological polar surface area (TPSA) is 68.0 Å². The van der Waals surface area contributed by atoms with Crippen molar-refractivity contribution in [2.75, 3.05) is 0 Å². The number of benzene rings is 1. The molecule has 0 aliphatic carbocycles. The summed E-state index contributed by atoms with van der Waals surface area (Å²) in [5.74, 6) is 4.19. The minimum atomic E-state index is -0.459. The first-order valence-electron chi connectivity index (χ1n) is 4.43. The lowest BCUT2D eigenvalue weighted by Crippen LogP contribution is -2.30. The molecule has 16 heavy (non-hydrogen) atoms. The van der Waals surface area contributed by atoms with E-state index in [1.54, 1.807) is 17.5 Å². The van der Waals surface area contributed by atoms with Gasteiger partial charge in [-0.05, 0) is 12.1 Å². The molecule has 0 atom stereocenters. The van der Waals surface area contributed by atoms with Crippen LogP contribution in [0.4, 0.5) is 4.39 Å². The number of hydrogen-bond donors (Lipinski definition) is 2. The van der Waals surface area contributed by atoms with Crippen molar-refractivity contribution in [2.45, 2.75) is 0 Å². The number of thiazole rings is 1. The van der Waals surface area contributed by atoms with E-state index in [2.05, 4.69) is 4.98 Å². The van der Waals surface area contributed by atoms with E-state index in [9.17, 15) is 9.18 Å². The average Bonchev–Trinajstić information content (AvgIpc) is 2.77. The van der Waals surface area contributed by atoms with Gasteiger partial charge in [0.05, 0.1) is 0 Å². The second-order valence-corrected chi connectivity index (χ2v) is 3.88. The number of hydrogen-bond acceptors (Lipinski definition) is 4. The van der Waals surface area contributed by atoms with Crippen molar-refractivity contribution >= 4 is 17.2 Å². The van der Waals surface area contributed by atoms with Crippen LogP contribution in [0.25, 0.3) is 10.6 Å². The van der Waals surface area contributed by atoms with Crippen LogP contribution in [0.5, 0.6) is 0 Å². The second kappa shape index (κ2) is 4.38. The van der Waals surface area contributed by atoms with Crippen LogP contribution in [-0.4, -0.2) is 10.9 Å². The molecule has 0 radical (unpaired) electrons. The summed E-state index contributed by atoms with van der Waals surface area (Å²) in [6, 6.07) is 6.04. The molecule has 1 heterocycles. The molecule has 0 spiro atoms. The zero-order valence-corrected chi connectivity index (χ0v) is 8.92. The van der Waals surface area contributed by atoms with Crippen LogP contribution in [0.2, 0.25) is 0 Å². The van der Waals surface area contributed by atoms with E-state index in [-0.39, 0.29) is 11.5 Å². The maximum Gasteiger partial charge on any atom is 0.284 e. The third kappa shape index (κ3) is 2.07. The van der Waals surface area contributed by atoms with Gasteiger partial charge < -0.3 is 0 Å².